The Morgan fingerprint density at radius 2 is 1.42 bits per heavy atom. The third kappa shape index (κ3) is 4.16. The van der Waals surface area contributed by atoms with Crippen molar-refractivity contribution in [3.8, 4) is 11.5 Å². The average Bonchev–Trinajstić information content (AvgIpc) is 2.45. The standard InChI is InChI=1S/C21H27NO2/c1-20(2,3)15-11-17(21(4,5)6)19(24)18(12-15)22-13-14-7-9-16(23)10-8-14/h7-13,23-24H,1-6H3. The summed E-state index contributed by atoms with van der Waals surface area (Å²) in [6, 6.07) is 10.8. The monoisotopic (exact) mass is 325 g/mol. The molecule has 24 heavy (non-hydrogen) atoms. The molecule has 0 atom stereocenters. The van der Waals surface area contributed by atoms with Crippen molar-refractivity contribution in [2.45, 2.75) is 52.4 Å². The van der Waals surface area contributed by atoms with Gasteiger partial charge in [0, 0.05) is 11.8 Å². The van der Waals surface area contributed by atoms with E-state index >= 15 is 0 Å². The third-order valence-corrected chi connectivity index (χ3v) is 4.01. The molecule has 2 N–H and O–H groups in total. The number of benzene rings is 2. The van der Waals surface area contributed by atoms with Gasteiger partial charge >= 0.3 is 0 Å². The Balaban J connectivity index is 2.54. The highest BCUT2D eigenvalue weighted by Gasteiger charge is 2.24. The SMILES string of the molecule is CC(C)(C)c1cc(N=Cc2ccc(O)cc2)c(O)c(C(C)(C)C)c1. The molecule has 2 rings (SSSR count). The molecule has 0 amide bonds. The number of aromatic hydroxyl groups is 2. The molecule has 0 saturated heterocycles. The number of nitrogens with zero attached hydrogens (tertiary/aromatic N) is 1. The van der Waals surface area contributed by atoms with Gasteiger partial charge in [0.05, 0.1) is 0 Å². The maximum absolute atomic E-state index is 10.7. The van der Waals surface area contributed by atoms with Crippen LogP contribution in [0.15, 0.2) is 41.4 Å². The number of phenols is 2. The zero-order valence-corrected chi connectivity index (χ0v) is 15.4. The van der Waals surface area contributed by atoms with Crippen molar-refractivity contribution in [1.82, 2.24) is 0 Å². The summed E-state index contributed by atoms with van der Waals surface area (Å²) in [5, 5.41) is 20.0. The van der Waals surface area contributed by atoms with E-state index in [0.29, 0.717) is 5.69 Å². The molecule has 0 saturated carbocycles. The first-order valence-corrected chi connectivity index (χ1v) is 8.19. The van der Waals surface area contributed by atoms with Crippen molar-refractivity contribution in [1.29, 1.82) is 0 Å². The van der Waals surface area contributed by atoms with Crippen LogP contribution in [0.1, 0.15) is 58.2 Å². The van der Waals surface area contributed by atoms with E-state index < -0.39 is 0 Å². The predicted molar refractivity (Wildman–Crippen MR) is 101 cm³/mol. The van der Waals surface area contributed by atoms with Crippen molar-refractivity contribution < 1.29 is 10.2 Å². The Kier molecular flexibility index (Phi) is 4.75. The van der Waals surface area contributed by atoms with Crippen LogP contribution in [0.4, 0.5) is 5.69 Å². The van der Waals surface area contributed by atoms with Gasteiger partial charge in [-0.25, -0.2) is 0 Å². The Morgan fingerprint density at radius 3 is 1.92 bits per heavy atom. The summed E-state index contributed by atoms with van der Waals surface area (Å²) in [4.78, 5) is 4.50. The van der Waals surface area contributed by atoms with E-state index in [2.05, 4.69) is 52.6 Å². The maximum Gasteiger partial charge on any atom is 0.144 e. The van der Waals surface area contributed by atoms with Crippen LogP contribution in [0, 0.1) is 0 Å². The minimum Gasteiger partial charge on any atom is -0.508 e. The van der Waals surface area contributed by atoms with Gasteiger partial charge in [-0.05, 0) is 52.3 Å². The molecule has 0 unspecified atom stereocenters. The summed E-state index contributed by atoms with van der Waals surface area (Å²) in [6.07, 6.45) is 1.70. The van der Waals surface area contributed by atoms with Gasteiger partial charge in [-0.3, -0.25) is 4.99 Å². The van der Waals surface area contributed by atoms with Gasteiger partial charge in [-0.15, -0.1) is 0 Å². The lowest BCUT2D eigenvalue weighted by Gasteiger charge is -2.26. The van der Waals surface area contributed by atoms with E-state index in [4.69, 9.17) is 0 Å². The van der Waals surface area contributed by atoms with Crippen LogP contribution in [0.5, 0.6) is 11.5 Å². The molecule has 0 aliphatic rings. The van der Waals surface area contributed by atoms with Gasteiger partial charge in [0.2, 0.25) is 0 Å². The maximum atomic E-state index is 10.7. The number of hydrogen-bond acceptors (Lipinski definition) is 3. The van der Waals surface area contributed by atoms with Crippen LogP contribution < -0.4 is 0 Å². The lowest BCUT2D eigenvalue weighted by atomic mass is 9.80. The van der Waals surface area contributed by atoms with E-state index in [9.17, 15) is 10.2 Å². The fraction of sp³-hybridized carbons (Fsp3) is 0.381. The summed E-state index contributed by atoms with van der Waals surface area (Å²) in [5.41, 5.74) is 3.27. The van der Waals surface area contributed by atoms with Crippen LogP contribution in [-0.4, -0.2) is 16.4 Å². The second-order valence-electron chi connectivity index (χ2n) is 8.24. The van der Waals surface area contributed by atoms with Crippen molar-refractivity contribution in [2.24, 2.45) is 4.99 Å². The van der Waals surface area contributed by atoms with Crippen LogP contribution in [0.25, 0.3) is 0 Å². The quantitative estimate of drug-likeness (QED) is 0.722. The molecule has 0 radical (unpaired) electrons. The molecule has 0 aliphatic carbocycles. The van der Waals surface area contributed by atoms with E-state index in [1.165, 1.54) is 0 Å². The first kappa shape index (κ1) is 18.1. The molecule has 3 nitrogen and oxygen atoms in total. The predicted octanol–water partition coefficient (Wildman–Crippen LogP) is 5.44. The van der Waals surface area contributed by atoms with Crippen LogP contribution >= 0.6 is 0 Å². The number of rotatable bonds is 2. The molecule has 0 heterocycles. The fourth-order valence-electron chi connectivity index (χ4n) is 2.43. The summed E-state index contributed by atoms with van der Waals surface area (Å²) >= 11 is 0. The first-order chi connectivity index (χ1) is 11.0. The van der Waals surface area contributed by atoms with Crippen molar-refractivity contribution in [3.05, 3.63) is 53.1 Å². The van der Waals surface area contributed by atoms with E-state index in [0.717, 1.165) is 16.7 Å². The molecule has 3 heteroatoms. The van der Waals surface area contributed by atoms with Crippen molar-refractivity contribution in [3.63, 3.8) is 0 Å². The third-order valence-electron chi connectivity index (χ3n) is 4.01. The summed E-state index contributed by atoms with van der Waals surface area (Å²) in [7, 11) is 0. The zero-order valence-electron chi connectivity index (χ0n) is 15.4. The van der Waals surface area contributed by atoms with Gasteiger partial charge in [-0.2, -0.15) is 0 Å². The summed E-state index contributed by atoms with van der Waals surface area (Å²) < 4.78 is 0. The lowest BCUT2D eigenvalue weighted by molar-refractivity contribution is 0.446. The van der Waals surface area contributed by atoms with E-state index in [1.807, 2.05) is 6.07 Å². The molecule has 2 aromatic rings. The van der Waals surface area contributed by atoms with Crippen LogP contribution in [0.2, 0.25) is 0 Å². The minimum atomic E-state index is -0.172. The van der Waals surface area contributed by atoms with Gasteiger partial charge in [0.1, 0.15) is 17.2 Å². The lowest BCUT2D eigenvalue weighted by Crippen LogP contribution is -2.16. The number of phenolic OH excluding ortho intramolecular Hbond substituents is 2. The topological polar surface area (TPSA) is 52.8 Å². The Morgan fingerprint density at radius 1 is 0.833 bits per heavy atom. The van der Waals surface area contributed by atoms with E-state index in [1.54, 1.807) is 30.5 Å². The van der Waals surface area contributed by atoms with Crippen LogP contribution in [-0.2, 0) is 10.8 Å². The zero-order chi connectivity index (χ0) is 18.1. The normalized spacial score (nSPS) is 12.8. The Labute approximate surface area is 144 Å². The second-order valence-corrected chi connectivity index (χ2v) is 8.24. The minimum absolute atomic E-state index is 0.0312. The van der Waals surface area contributed by atoms with Gasteiger partial charge in [0.25, 0.3) is 0 Å². The Hall–Kier alpha value is -2.29. The number of aliphatic imine (C=N–C) groups is 1. The molecule has 0 fully saturated rings. The Bertz CT molecular complexity index is 745. The molecular formula is C21H27NO2. The summed E-state index contributed by atoms with van der Waals surface area (Å²) in [6.45, 7) is 12.7. The molecule has 128 valence electrons. The highest BCUT2D eigenvalue weighted by Crippen LogP contribution is 2.41. The summed E-state index contributed by atoms with van der Waals surface area (Å²) in [5.74, 6) is 0.449. The van der Waals surface area contributed by atoms with Gasteiger partial charge in [-0.1, -0.05) is 47.6 Å². The molecule has 0 bridgehead atoms. The average molecular weight is 325 g/mol. The fourth-order valence-corrected chi connectivity index (χ4v) is 2.43. The number of hydrogen-bond donors (Lipinski definition) is 2. The molecular weight excluding hydrogens is 298 g/mol. The second kappa shape index (κ2) is 6.31. The van der Waals surface area contributed by atoms with Crippen LogP contribution in [0.3, 0.4) is 0 Å². The smallest absolute Gasteiger partial charge is 0.144 e. The molecule has 0 aliphatic heterocycles. The molecule has 0 aromatic heterocycles. The highest BCUT2D eigenvalue weighted by atomic mass is 16.3. The van der Waals surface area contributed by atoms with Gasteiger partial charge in [0.15, 0.2) is 0 Å². The van der Waals surface area contributed by atoms with Crippen molar-refractivity contribution in [2.75, 3.05) is 0 Å². The largest absolute Gasteiger partial charge is 0.508 e. The van der Waals surface area contributed by atoms with Gasteiger partial charge < -0.3 is 10.2 Å². The first-order valence-electron chi connectivity index (χ1n) is 8.19. The molecule has 2 aromatic carbocycles. The molecule has 0 spiro atoms. The van der Waals surface area contributed by atoms with Crippen molar-refractivity contribution >= 4 is 11.9 Å². The highest BCUT2D eigenvalue weighted by molar-refractivity contribution is 5.83. The van der Waals surface area contributed by atoms with E-state index in [-0.39, 0.29) is 22.3 Å².